The van der Waals surface area contributed by atoms with Crippen LogP contribution < -0.4 is 5.32 Å². The van der Waals surface area contributed by atoms with E-state index in [1.807, 2.05) is 13.0 Å². The standard InChI is InChI=1S/C15H26N4O2S/c1-4-13-11-15(17-12(2)16-13)18-14-5-7-19(8-6-14)9-10-22(3,20)21/h11,14H,4-10H2,1-3H3,(H,16,17,18). The van der Waals surface area contributed by atoms with Gasteiger partial charge < -0.3 is 10.2 Å². The largest absolute Gasteiger partial charge is 0.367 e. The fourth-order valence-corrected chi connectivity index (χ4v) is 3.28. The van der Waals surface area contributed by atoms with Crippen molar-refractivity contribution in [2.45, 2.75) is 39.2 Å². The maximum Gasteiger partial charge on any atom is 0.148 e. The van der Waals surface area contributed by atoms with Crippen LogP contribution in [0, 0.1) is 6.92 Å². The Morgan fingerprint density at radius 1 is 1.32 bits per heavy atom. The summed E-state index contributed by atoms with van der Waals surface area (Å²) in [5, 5.41) is 3.49. The van der Waals surface area contributed by atoms with E-state index in [1.165, 1.54) is 6.26 Å². The molecule has 1 fully saturated rings. The van der Waals surface area contributed by atoms with E-state index < -0.39 is 9.84 Å². The van der Waals surface area contributed by atoms with Crippen molar-refractivity contribution in [1.82, 2.24) is 14.9 Å². The lowest BCUT2D eigenvalue weighted by molar-refractivity contribution is 0.230. The lowest BCUT2D eigenvalue weighted by atomic mass is 10.1. The molecule has 1 aliphatic rings. The molecule has 0 saturated carbocycles. The Labute approximate surface area is 133 Å². The van der Waals surface area contributed by atoms with Gasteiger partial charge in [0.2, 0.25) is 0 Å². The van der Waals surface area contributed by atoms with Crippen LogP contribution in [0.15, 0.2) is 6.07 Å². The van der Waals surface area contributed by atoms with Gasteiger partial charge in [-0.15, -0.1) is 0 Å². The molecule has 0 spiro atoms. The molecule has 1 aromatic rings. The minimum atomic E-state index is -2.87. The van der Waals surface area contributed by atoms with Crippen LogP contribution in [-0.4, -0.2) is 61.0 Å². The van der Waals surface area contributed by atoms with Crippen LogP contribution in [0.4, 0.5) is 5.82 Å². The van der Waals surface area contributed by atoms with Crippen LogP contribution in [0.2, 0.25) is 0 Å². The van der Waals surface area contributed by atoms with Crippen LogP contribution in [0.1, 0.15) is 31.3 Å². The number of aryl methyl sites for hydroxylation is 2. The van der Waals surface area contributed by atoms with Crippen LogP contribution >= 0.6 is 0 Å². The van der Waals surface area contributed by atoms with Crippen molar-refractivity contribution >= 4 is 15.7 Å². The highest BCUT2D eigenvalue weighted by molar-refractivity contribution is 7.90. The zero-order valence-corrected chi connectivity index (χ0v) is 14.5. The van der Waals surface area contributed by atoms with Crippen LogP contribution in [0.25, 0.3) is 0 Å². The van der Waals surface area contributed by atoms with E-state index in [1.54, 1.807) is 0 Å². The molecule has 22 heavy (non-hydrogen) atoms. The van der Waals surface area contributed by atoms with Crippen molar-refractivity contribution in [1.29, 1.82) is 0 Å². The summed E-state index contributed by atoms with van der Waals surface area (Å²) >= 11 is 0. The van der Waals surface area contributed by atoms with Gasteiger partial charge in [0.05, 0.1) is 5.75 Å². The summed E-state index contributed by atoms with van der Waals surface area (Å²) in [5.41, 5.74) is 1.06. The second-order valence-corrected chi connectivity index (χ2v) is 8.30. The van der Waals surface area contributed by atoms with Crippen molar-refractivity contribution in [2.24, 2.45) is 0 Å². The molecule has 0 aliphatic carbocycles. The molecule has 0 atom stereocenters. The Morgan fingerprint density at radius 3 is 2.59 bits per heavy atom. The van der Waals surface area contributed by atoms with E-state index in [9.17, 15) is 8.42 Å². The van der Waals surface area contributed by atoms with Gasteiger partial charge in [0.25, 0.3) is 0 Å². The first-order valence-corrected chi connectivity index (χ1v) is 9.93. The first-order chi connectivity index (χ1) is 10.4. The number of likely N-dealkylation sites (tertiary alicyclic amines) is 1. The number of rotatable bonds is 6. The Morgan fingerprint density at radius 2 is 2.00 bits per heavy atom. The van der Waals surface area contributed by atoms with Gasteiger partial charge in [-0.2, -0.15) is 0 Å². The summed E-state index contributed by atoms with van der Waals surface area (Å²) in [6.45, 7) is 6.50. The minimum absolute atomic E-state index is 0.246. The third-order valence-corrected chi connectivity index (χ3v) is 4.90. The number of hydrogen-bond donors (Lipinski definition) is 1. The van der Waals surface area contributed by atoms with Gasteiger partial charge in [0.15, 0.2) is 0 Å². The van der Waals surface area contributed by atoms with Gasteiger partial charge >= 0.3 is 0 Å². The SMILES string of the molecule is CCc1cc(NC2CCN(CCS(C)(=O)=O)CC2)nc(C)n1. The van der Waals surface area contributed by atoms with E-state index in [0.29, 0.717) is 12.6 Å². The molecule has 124 valence electrons. The van der Waals surface area contributed by atoms with Gasteiger partial charge in [0.1, 0.15) is 21.5 Å². The Kier molecular flexibility index (Phi) is 5.74. The molecular weight excluding hydrogens is 300 g/mol. The number of sulfone groups is 1. The van der Waals surface area contributed by atoms with Gasteiger partial charge in [-0.3, -0.25) is 0 Å². The Balaban J connectivity index is 1.83. The predicted molar refractivity (Wildman–Crippen MR) is 88.9 cm³/mol. The van der Waals surface area contributed by atoms with Crippen molar-refractivity contribution in [3.05, 3.63) is 17.6 Å². The third kappa shape index (κ3) is 5.53. The van der Waals surface area contributed by atoms with Gasteiger partial charge in [-0.05, 0) is 26.2 Å². The molecule has 1 N–H and O–H groups in total. The number of piperidine rings is 1. The Bertz CT molecular complexity index is 596. The normalized spacial score (nSPS) is 17.6. The lowest BCUT2D eigenvalue weighted by Gasteiger charge is -2.32. The summed E-state index contributed by atoms with van der Waals surface area (Å²) in [6.07, 6.45) is 4.22. The highest BCUT2D eigenvalue weighted by Gasteiger charge is 2.20. The zero-order valence-electron chi connectivity index (χ0n) is 13.7. The average Bonchev–Trinajstić information content (AvgIpc) is 2.45. The summed E-state index contributed by atoms with van der Waals surface area (Å²) in [4.78, 5) is 11.1. The summed E-state index contributed by atoms with van der Waals surface area (Å²) in [5.74, 6) is 1.95. The van der Waals surface area contributed by atoms with E-state index in [4.69, 9.17) is 0 Å². The smallest absolute Gasteiger partial charge is 0.148 e. The number of nitrogens with one attached hydrogen (secondary N) is 1. The fourth-order valence-electron chi connectivity index (χ4n) is 2.69. The molecular formula is C15H26N4O2S. The molecule has 0 unspecified atom stereocenters. The Hall–Kier alpha value is -1.21. The molecule has 1 aromatic heterocycles. The molecule has 2 heterocycles. The topological polar surface area (TPSA) is 75.2 Å². The van der Waals surface area contributed by atoms with Crippen LogP contribution in [0.5, 0.6) is 0 Å². The molecule has 1 saturated heterocycles. The third-order valence-electron chi connectivity index (χ3n) is 3.97. The zero-order chi connectivity index (χ0) is 16.2. The number of aromatic nitrogens is 2. The van der Waals surface area contributed by atoms with E-state index >= 15 is 0 Å². The maximum absolute atomic E-state index is 11.2. The summed E-state index contributed by atoms with van der Waals surface area (Å²) in [6, 6.07) is 2.41. The van der Waals surface area contributed by atoms with E-state index in [2.05, 4.69) is 27.1 Å². The quantitative estimate of drug-likeness (QED) is 0.848. The lowest BCUT2D eigenvalue weighted by Crippen LogP contribution is -2.41. The molecule has 7 heteroatoms. The average molecular weight is 326 g/mol. The van der Waals surface area contributed by atoms with Crippen molar-refractivity contribution in [3.63, 3.8) is 0 Å². The first-order valence-electron chi connectivity index (χ1n) is 7.87. The number of anilines is 1. The van der Waals surface area contributed by atoms with Crippen molar-refractivity contribution in [2.75, 3.05) is 37.0 Å². The highest BCUT2D eigenvalue weighted by atomic mass is 32.2. The molecule has 0 amide bonds. The van der Waals surface area contributed by atoms with E-state index in [-0.39, 0.29) is 5.75 Å². The second kappa shape index (κ2) is 7.37. The summed E-state index contributed by atoms with van der Waals surface area (Å²) in [7, 11) is -2.87. The molecule has 6 nitrogen and oxygen atoms in total. The number of hydrogen-bond acceptors (Lipinski definition) is 6. The second-order valence-electron chi connectivity index (χ2n) is 6.04. The fraction of sp³-hybridized carbons (Fsp3) is 0.733. The number of nitrogens with zero attached hydrogens (tertiary/aromatic N) is 3. The molecule has 0 radical (unpaired) electrons. The van der Waals surface area contributed by atoms with Gasteiger partial charge in [0, 0.05) is 43.7 Å². The van der Waals surface area contributed by atoms with E-state index in [0.717, 1.165) is 49.7 Å². The monoisotopic (exact) mass is 326 g/mol. The van der Waals surface area contributed by atoms with Gasteiger partial charge in [-0.25, -0.2) is 18.4 Å². The highest BCUT2D eigenvalue weighted by Crippen LogP contribution is 2.16. The van der Waals surface area contributed by atoms with Gasteiger partial charge in [-0.1, -0.05) is 6.92 Å². The molecule has 0 bridgehead atoms. The predicted octanol–water partition coefficient (Wildman–Crippen LogP) is 1.27. The van der Waals surface area contributed by atoms with Crippen LogP contribution in [-0.2, 0) is 16.3 Å². The first kappa shape index (κ1) is 17.1. The van der Waals surface area contributed by atoms with Crippen molar-refractivity contribution in [3.8, 4) is 0 Å². The summed E-state index contributed by atoms with van der Waals surface area (Å²) < 4.78 is 22.4. The molecule has 0 aromatic carbocycles. The maximum atomic E-state index is 11.2. The minimum Gasteiger partial charge on any atom is -0.367 e. The molecule has 2 rings (SSSR count). The molecule has 1 aliphatic heterocycles. The van der Waals surface area contributed by atoms with Crippen LogP contribution in [0.3, 0.4) is 0 Å². The van der Waals surface area contributed by atoms with Crippen molar-refractivity contribution < 1.29 is 8.42 Å².